The summed E-state index contributed by atoms with van der Waals surface area (Å²) in [5.41, 5.74) is 6.78. The summed E-state index contributed by atoms with van der Waals surface area (Å²) in [6.07, 6.45) is 10.3. The molecule has 1 unspecified atom stereocenters. The van der Waals surface area contributed by atoms with Gasteiger partial charge in [-0.3, -0.25) is 9.59 Å². The first-order chi connectivity index (χ1) is 20.2. The van der Waals surface area contributed by atoms with Crippen LogP contribution in [0.1, 0.15) is 37.0 Å². The third-order valence-electron chi connectivity index (χ3n) is 6.45. The van der Waals surface area contributed by atoms with E-state index < -0.39 is 0 Å². The van der Waals surface area contributed by atoms with E-state index in [1.165, 1.54) is 17.3 Å². The van der Waals surface area contributed by atoms with Crippen molar-refractivity contribution >= 4 is 57.1 Å². The predicted octanol–water partition coefficient (Wildman–Crippen LogP) is 8.46. The van der Waals surface area contributed by atoms with Gasteiger partial charge in [-0.2, -0.15) is 0 Å². The molecule has 0 heterocycles. The van der Waals surface area contributed by atoms with Crippen molar-refractivity contribution in [1.82, 2.24) is 5.32 Å². The van der Waals surface area contributed by atoms with Gasteiger partial charge in [0.15, 0.2) is 0 Å². The Bertz CT molecular complexity index is 1430. The molecule has 9 heteroatoms. The van der Waals surface area contributed by atoms with Crippen molar-refractivity contribution in [3.05, 3.63) is 113 Å². The molecule has 0 bridgehead atoms. The van der Waals surface area contributed by atoms with Gasteiger partial charge in [-0.05, 0) is 84.2 Å². The SMILES string of the molecule is CSC(=O)Nc1ccc(Cc2ccc(NC(=O)Nc3ccc(CC4=CCC(NC(=O)SC(C)C)C=C4)cc3)cc2)cc1. The van der Waals surface area contributed by atoms with Crippen LogP contribution in [0.4, 0.5) is 31.4 Å². The smallest absolute Gasteiger partial charge is 0.323 e. The van der Waals surface area contributed by atoms with Gasteiger partial charge in [-0.1, -0.05) is 92.0 Å². The highest BCUT2D eigenvalue weighted by Gasteiger charge is 2.14. The lowest BCUT2D eigenvalue weighted by atomic mass is 9.97. The second-order valence-electron chi connectivity index (χ2n) is 10.2. The average Bonchev–Trinajstić information content (AvgIpc) is 2.96. The van der Waals surface area contributed by atoms with Crippen LogP contribution in [0.3, 0.4) is 0 Å². The van der Waals surface area contributed by atoms with Crippen molar-refractivity contribution in [3.8, 4) is 0 Å². The number of anilines is 3. The number of urea groups is 1. The summed E-state index contributed by atoms with van der Waals surface area (Å²) in [5.74, 6) is 0. The molecular formula is C33H36N4O3S2. The molecule has 3 aromatic carbocycles. The molecule has 1 aliphatic rings. The van der Waals surface area contributed by atoms with Gasteiger partial charge in [0.25, 0.3) is 10.5 Å². The molecule has 7 nitrogen and oxygen atoms in total. The Morgan fingerprint density at radius 1 is 0.738 bits per heavy atom. The van der Waals surface area contributed by atoms with Crippen molar-refractivity contribution in [2.45, 2.75) is 44.4 Å². The lowest BCUT2D eigenvalue weighted by molar-refractivity contribution is 0.258. The maximum absolute atomic E-state index is 12.6. The van der Waals surface area contributed by atoms with Crippen molar-refractivity contribution in [3.63, 3.8) is 0 Å². The van der Waals surface area contributed by atoms with Crippen LogP contribution in [0.2, 0.25) is 0 Å². The van der Waals surface area contributed by atoms with Crippen molar-refractivity contribution < 1.29 is 14.4 Å². The third kappa shape index (κ3) is 10.2. The molecule has 4 rings (SSSR count). The number of hydrogen-bond acceptors (Lipinski definition) is 5. The van der Waals surface area contributed by atoms with E-state index >= 15 is 0 Å². The fourth-order valence-corrected chi connectivity index (χ4v) is 5.22. The molecule has 4 amide bonds. The Kier molecular flexibility index (Phi) is 11.3. The molecule has 1 atom stereocenters. The van der Waals surface area contributed by atoms with E-state index in [-0.39, 0.29) is 27.8 Å². The highest BCUT2D eigenvalue weighted by atomic mass is 32.2. The molecule has 1 aliphatic carbocycles. The number of carbonyl (C=O) groups is 3. The van der Waals surface area contributed by atoms with Crippen LogP contribution in [-0.4, -0.2) is 34.1 Å². The monoisotopic (exact) mass is 600 g/mol. The van der Waals surface area contributed by atoms with Crippen molar-refractivity contribution in [2.75, 3.05) is 22.2 Å². The lowest BCUT2D eigenvalue weighted by Crippen LogP contribution is -2.31. The van der Waals surface area contributed by atoms with Crippen molar-refractivity contribution in [1.29, 1.82) is 0 Å². The van der Waals surface area contributed by atoms with Gasteiger partial charge in [0.2, 0.25) is 0 Å². The summed E-state index contributed by atoms with van der Waals surface area (Å²) in [6.45, 7) is 4.01. The first-order valence-electron chi connectivity index (χ1n) is 13.8. The maximum Gasteiger partial charge on any atom is 0.323 e. The van der Waals surface area contributed by atoms with Crippen LogP contribution in [0.15, 0.2) is 96.6 Å². The number of nitrogens with one attached hydrogen (secondary N) is 4. The van der Waals surface area contributed by atoms with E-state index in [2.05, 4.69) is 33.4 Å². The van der Waals surface area contributed by atoms with Gasteiger partial charge in [0, 0.05) is 22.3 Å². The average molecular weight is 601 g/mol. The van der Waals surface area contributed by atoms with E-state index in [4.69, 9.17) is 0 Å². The van der Waals surface area contributed by atoms with E-state index in [1.807, 2.05) is 92.7 Å². The molecule has 218 valence electrons. The highest BCUT2D eigenvalue weighted by Crippen LogP contribution is 2.20. The quantitative estimate of drug-likeness (QED) is 0.197. The van der Waals surface area contributed by atoms with Crippen LogP contribution < -0.4 is 21.3 Å². The number of thioether (sulfide) groups is 2. The van der Waals surface area contributed by atoms with E-state index in [0.717, 1.165) is 53.4 Å². The van der Waals surface area contributed by atoms with Gasteiger partial charge in [-0.15, -0.1) is 0 Å². The van der Waals surface area contributed by atoms with Crippen LogP contribution in [0.25, 0.3) is 0 Å². The molecule has 4 N–H and O–H groups in total. The highest BCUT2D eigenvalue weighted by molar-refractivity contribution is 8.14. The molecule has 0 aromatic heterocycles. The molecule has 0 fully saturated rings. The summed E-state index contributed by atoms with van der Waals surface area (Å²) in [4.78, 5) is 36.0. The Labute approximate surface area is 256 Å². The van der Waals surface area contributed by atoms with Crippen LogP contribution in [-0.2, 0) is 12.8 Å². The summed E-state index contributed by atoms with van der Waals surface area (Å²) in [5, 5.41) is 11.8. The largest absolute Gasteiger partial charge is 0.340 e. The number of amides is 4. The second kappa shape index (κ2) is 15.3. The normalized spacial score (nSPS) is 14.2. The van der Waals surface area contributed by atoms with Crippen LogP contribution in [0, 0.1) is 0 Å². The third-order valence-corrected chi connectivity index (χ3v) is 7.72. The standard InChI is InChI=1S/C33H36N4O3S2/c1-22(2)42-33(40)37-30-18-10-26(11-19-30)21-24-6-14-28(15-7-24)35-31(38)34-27-12-4-23(5-13-27)20-25-8-16-29(17-9-25)36-32(39)41-3/h4-18,22,30H,19-21H2,1-3H3,(H,36,39)(H,37,40)(H2,34,35,38). The Hall–Kier alpha value is -3.95. The summed E-state index contributed by atoms with van der Waals surface area (Å²) in [6, 6.07) is 23.1. The minimum Gasteiger partial charge on any atom is -0.340 e. The minimum atomic E-state index is -0.306. The maximum atomic E-state index is 12.6. The van der Waals surface area contributed by atoms with Crippen LogP contribution in [0.5, 0.6) is 0 Å². The van der Waals surface area contributed by atoms with Gasteiger partial charge in [0.05, 0.1) is 6.04 Å². The summed E-state index contributed by atoms with van der Waals surface area (Å²) >= 11 is 2.45. The topological polar surface area (TPSA) is 99.3 Å². The molecule has 0 radical (unpaired) electrons. The molecular weight excluding hydrogens is 565 g/mol. The second-order valence-corrected chi connectivity index (χ2v) is 12.5. The molecule has 0 spiro atoms. The molecule has 3 aromatic rings. The zero-order valence-corrected chi connectivity index (χ0v) is 25.6. The number of benzene rings is 3. The number of rotatable bonds is 9. The van der Waals surface area contributed by atoms with Gasteiger partial charge >= 0.3 is 6.03 Å². The predicted molar refractivity (Wildman–Crippen MR) is 178 cm³/mol. The van der Waals surface area contributed by atoms with Gasteiger partial charge in [0.1, 0.15) is 0 Å². The molecule has 0 saturated heterocycles. The molecule has 0 aliphatic heterocycles. The number of allylic oxidation sites excluding steroid dienone is 2. The molecule has 42 heavy (non-hydrogen) atoms. The zero-order chi connectivity index (χ0) is 29.9. The van der Waals surface area contributed by atoms with Crippen molar-refractivity contribution in [2.24, 2.45) is 0 Å². The Morgan fingerprint density at radius 3 is 1.69 bits per heavy atom. The van der Waals surface area contributed by atoms with Crippen LogP contribution >= 0.6 is 23.5 Å². The number of carbonyl (C=O) groups excluding carboxylic acids is 3. The first kappa shape index (κ1) is 31.0. The fraction of sp³-hybridized carbons (Fsp3) is 0.242. The summed E-state index contributed by atoms with van der Waals surface area (Å²) < 4.78 is 0. The number of hydrogen-bond donors (Lipinski definition) is 4. The fourth-order valence-electron chi connectivity index (χ4n) is 4.35. The Balaban J connectivity index is 1.21. The van der Waals surface area contributed by atoms with E-state index in [0.29, 0.717) is 11.4 Å². The van der Waals surface area contributed by atoms with Gasteiger partial charge < -0.3 is 21.3 Å². The van der Waals surface area contributed by atoms with E-state index in [1.54, 1.807) is 6.26 Å². The minimum absolute atomic E-state index is 0.0125. The molecule has 0 saturated carbocycles. The summed E-state index contributed by atoms with van der Waals surface area (Å²) in [7, 11) is 0. The van der Waals surface area contributed by atoms with E-state index in [9.17, 15) is 14.4 Å². The lowest BCUT2D eigenvalue weighted by Gasteiger charge is -2.18. The first-order valence-corrected chi connectivity index (χ1v) is 15.9. The Morgan fingerprint density at radius 2 is 1.24 bits per heavy atom. The van der Waals surface area contributed by atoms with Gasteiger partial charge in [-0.25, -0.2) is 4.79 Å². The zero-order valence-electron chi connectivity index (χ0n) is 24.0.